The van der Waals surface area contributed by atoms with E-state index in [2.05, 4.69) is 16.8 Å². The van der Waals surface area contributed by atoms with Gasteiger partial charge in [-0.25, -0.2) is 0 Å². The Morgan fingerprint density at radius 1 is 1.35 bits per heavy atom. The van der Waals surface area contributed by atoms with Crippen LogP contribution in [0.3, 0.4) is 0 Å². The molecule has 0 radical (unpaired) electrons. The zero-order valence-corrected chi connectivity index (χ0v) is 11.9. The Hall–Kier alpha value is -1.36. The van der Waals surface area contributed by atoms with E-state index in [4.69, 9.17) is 4.74 Å². The molecule has 2 N–H and O–H groups in total. The molecule has 0 aliphatic carbocycles. The maximum absolute atomic E-state index is 10.1. The number of hydrogen-bond donors (Lipinski definition) is 2. The van der Waals surface area contributed by atoms with Gasteiger partial charge in [-0.1, -0.05) is 24.3 Å². The fourth-order valence-electron chi connectivity index (χ4n) is 2.40. The molecule has 1 aliphatic rings. The SMILES string of the molecule is C=CCc1ccccc1OC[C@H](O)CN1CCNCC1. The molecule has 1 heterocycles. The first-order valence-electron chi connectivity index (χ1n) is 7.22. The van der Waals surface area contributed by atoms with Gasteiger partial charge in [0.2, 0.25) is 0 Å². The molecule has 2 rings (SSSR count). The van der Waals surface area contributed by atoms with Crippen LogP contribution in [0, 0.1) is 0 Å². The quantitative estimate of drug-likeness (QED) is 0.731. The van der Waals surface area contributed by atoms with Crippen molar-refractivity contribution >= 4 is 0 Å². The summed E-state index contributed by atoms with van der Waals surface area (Å²) < 4.78 is 5.75. The van der Waals surface area contributed by atoms with Crippen LogP contribution in [0.4, 0.5) is 0 Å². The number of β-amino-alcohol motifs (C(OH)–C–C–N with tert-alkyl or cyclic N) is 1. The number of aliphatic hydroxyl groups is 1. The number of aliphatic hydroxyl groups excluding tert-OH is 1. The van der Waals surface area contributed by atoms with E-state index >= 15 is 0 Å². The van der Waals surface area contributed by atoms with Crippen LogP contribution in [0.1, 0.15) is 5.56 Å². The lowest BCUT2D eigenvalue weighted by molar-refractivity contribution is 0.0638. The number of rotatable bonds is 7. The van der Waals surface area contributed by atoms with Gasteiger partial charge in [-0.05, 0) is 18.1 Å². The number of hydrogen-bond acceptors (Lipinski definition) is 4. The normalized spacial score (nSPS) is 17.6. The van der Waals surface area contributed by atoms with Gasteiger partial charge in [0.05, 0.1) is 0 Å². The van der Waals surface area contributed by atoms with E-state index < -0.39 is 6.10 Å². The average Bonchev–Trinajstić information content (AvgIpc) is 2.48. The summed E-state index contributed by atoms with van der Waals surface area (Å²) in [5.74, 6) is 0.840. The van der Waals surface area contributed by atoms with Crippen molar-refractivity contribution in [3.8, 4) is 5.75 Å². The molecule has 20 heavy (non-hydrogen) atoms. The highest BCUT2D eigenvalue weighted by atomic mass is 16.5. The smallest absolute Gasteiger partial charge is 0.122 e. The number of allylic oxidation sites excluding steroid dienone is 1. The molecule has 0 aromatic heterocycles. The number of ether oxygens (including phenoxy) is 1. The summed E-state index contributed by atoms with van der Waals surface area (Å²) in [6.45, 7) is 8.73. The molecule has 1 aromatic carbocycles. The van der Waals surface area contributed by atoms with Gasteiger partial charge in [-0.3, -0.25) is 4.90 Å². The van der Waals surface area contributed by atoms with Crippen molar-refractivity contribution in [1.29, 1.82) is 0 Å². The molecule has 4 nitrogen and oxygen atoms in total. The number of benzene rings is 1. The van der Waals surface area contributed by atoms with E-state index in [9.17, 15) is 5.11 Å². The molecule has 1 saturated heterocycles. The van der Waals surface area contributed by atoms with E-state index in [0.717, 1.165) is 43.9 Å². The average molecular weight is 276 g/mol. The summed E-state index contributed by atoms with van der Waals surface area (Å²) in [5.41, 5.74) is 1.11. The fourth-order valence-corrected chi connectivity index (χ4v) is 2.40. The van der Waals surface area contributed by atoms with Crippen LogP contribution in [-0.2, 0) is 6.42 Å². The Kier molecular flexibility index (Phi) is 6.05. The highest BCUT2D eigenvalue weighted by Crippen LogP contribution is 2.18. The first-order valence-corrected chi connectivity index (χ1v) is 7.22. The zero-order chi connectivity index (χ0) is 14.2. The largest absolute Gasteiger partial charge is 0.491 e. The van der Waals surface area contributed by atoms with Gasteiger partial charge >= 0.3 is 0 Å². The molecule has 0 spiro atoms. The van der Waals surface area contributed by atoms with Crippen LogP contribution in [0.2, 0.25) is 0 Å². The van der Waals surface area contributed by atoms with E-state index in [1.54, 1.807) is 0 Å². The van der Waals surface area contributed by atoms with Crippen LogP contribution >= 0.6 is 0 Å². The topological polar surface area (TPSA) is 44.7 Å². The summed E-state index contributed by atoms with van der Waals surface area (Å²) in [7, 11) is 0. The van der Waals surface area contributed by atoms with Crippen molar-refractivity contribution < 1.29 is 9.84 Å². The van der Waals surface area contributed by atoms with Crippen LogP contribution in [0.15, 0.2) is 36.9 Å². The third-order valence-corrected chi connectivity index (χ3v) is 3.45. The highest BCUT2D eigenvalue weighted by molar-refractivity contribution is 5.34. The van der Waals surface area contributed by atoms with Gasteiger partial charge in [0, 0.05) is 32.7 Å². The van der Waals surface area contributed by atoms with Crippen molar-refractivity contribution in [3.63, 3.8) is 0 Å². The van der Waals surface area contributed by atoms with Gasteiger partial charge in [-0.15, -0.1) is 6.58 Å². The summed E-state index contributed by atoms with van der Waals surface area (Å²) in [5, 5.41) is 13.4. The molecular formula is C16H24N2O2. The van der Waals surface area contributed by atoms with Crippen molar-refractivity contribution in [2.24, 2.45) is 0 Å². The molecule has 110 valence electrons. The van der Waals surface area contributed by atoms with Crippen LogP contribution in [0.5, 0.6) is 5.75 Å². The number of piperazine rings is 1. The minimum atomic E-state index is -0.454. The van der Waals surface area contributed by atoms with E-state index in [1.807, 2.05) is 30.3 Å². The Balaban J connectivity index is 1.80. The monoisotopic (exact) mass is 276 g/mol. The van der Waals surface area contributed by atoms with E-state index in [-0.39, 0.29) is 0 Å². The van der Waals surface area contributed by atoms with Crippen molar-refractivity contribution in [3.05, 3.63) is 42.5 Å². The molecule has 0 bridgehead atoms. The lowest BCUT2D eigenvalue weighted by Gasteiger charge is -2.29. The summed E-state index contributed by atoms with van der Waals surface area (Å²) in [6.07, 6.45) is 2.19. The van der Waals surface area contributed by atoms with Crippen molar-refractivity contribution in [2.45, 2.75) is 12.5 Å². The summed E-state index contributed by atoms with van der Waals surface area (Å²) in [6, 6.07) is 7.91. The van der Waals surface area contributed by atoms with Crippen LogP contribution in [0.25, 0.3) is 0 Å². The Morgan fingerprint density at radius 2 is 2.10 bits per heavy atom. The molecule has 0 unspecified atom stereocenters. The van der Waals surface area contributed by atoms with Crippen LogP contribution in [-0.4, -0.2) is 55.4 Å². The van der Waals surface area contributed by atoms with E-state index in [0.29, 0.717) is 13.2 Å². The second-order valence-corrected chi connectivity index (χ2v) is 5.12. The van der Waals surface area contributed by atoms with Gasteiger partial charge in [-0.2, -0.15) is 0 Å². The molecule has 0 saturated carbocycles. The van der Waals surface area contributed by atoms with E-state index in [1.165, 1.54) is 0 Å². The predicted octanol–water partition coefficient (Wildman–Crippen LogP) is 1.06. The minimum Gasteiger partial charge on any atom is -0.491 e. The predicted molar refractivity (Wildman–Crippen MR) is 81.2 cm³/mol. The van der Waals surface area contributed by atoms with Crippen molar-refractivity contribution in [2.75, 3.05) is 39.3 Å². The fraction of sp³-hybridized carbons (Fsp3) is 0.500. The summed E-state index contributed by atoms with van der Waals surface area (Å²) in [4.78, 5) is 2.26. The Bertz CT molecular complexity index is 417. The van der Waals surface area contributed by atoms with Crippen molar-refractivity contribution in [1.82, 2.24) is 10.2 Å². The molecule has 1 atom stereocenters. The zero-order valence-electron chi connectivity index (χ0n) is 11.9. The summed E-state index contributed by atoms with van der Waals surface area (Å²) >= 11 is 0. The molecule has 1 fully saturated rings. The molecule has 4 heteroatoms. The lowest BCUT2D eigenvalue weighted by Crippen LogP contribution is -2.47. The number of nitrogens with one attached hydrogen (secondary N) is 1. The van der Waals surface area contributed by atoms with Gasteiger partial charge in [0.15, 0.2) is 0 Å². The highest BCUT2D eigenvalue weighted by Gasteiger charge is 2.15. The third-order valence-electron chi connectivity index (χ3n) is 3.45. The molecule has 0 amide bonds. The number of para-hydroxylation sites is 1. The standard InChI is InChI=1S/C16H24N2O2/c1-2-5-14-6-3-4-7-16(14)20-13-15(19)12-18-10-8-17-9-11-18/h2-4,6-7,15,17,19H,1,5,8-13H2/t15-/m1/s1. The van der Waals surface area contributed by atoms with Gasteiger partial charge in [0.25, 0.3) is 0 Å². The Labute approximate surface area is 121 Å². The second-order valence-electron chi connectivity index (χ2n) is 5.12. The second kappa shape index (κ2) is 8.04. The van der Waals surface area contributed by atoms with Gasteiger partial charge < -0.3 is 15.2 Å². The molecule has 1 aliphatic heterocycles. The first-order chi connectivity index (χ1) is 9.79. The minimum absolute atomic E-state index is 0.331. The third kappa shape index (κ3) is 4.63. The number of nitrogens with zero attached hydrogens (tertiary/aromatic N) is 1. The molecule has 1 aromatic rings. The molecular weight excluding hydrogens is 252 g/mol. The lowest BCUT2D eigenvalue weighted by atomic mass is 10.1. The first kappa shape index (κ1) is 15.0. The maximum atomic E-state index is 10.1. The Morgan fingerprint density at radius 3 is 2.85 bits per heavy atom. The van der Waals surface area contributed by atoms with Gasteiger partial charge in [0.1, 0.15) is 18.5 Å². The van der Waals surface area contributed by atoms with Crippen LogP contribution < -0.4 is 10.1 Å². The maximum Gasteiger partial charge on any atom is 0.122 e.